The second kappa shape index (κ2) is 5.05. The zero-order valence-corrected chi connectivity index (χ0v) is 10.7. The summed E-state index contributed by atoms with van der Waals surface area (Å²) in [5, 5.41) is 9.45. The van der Waals surface area contributed by atoms with Gasteiger partial charge < -0.3 is 9.84 Å². The first kappa shape index (κ1) is 12.8. The number of hydrogen-bond donors (Lipinski definition) is 1. The molecule has 6 heteroatoms. The number of rotatable bonds is 3. The number of aromatic nitrogens is 2. The Morgan fingerprint density at radius 1 is 1.40 bits per heavy atom. The molecule has 1 aliphatic heterocycles. The summed E-state index contributed by atoms with van der Waals surface area (Å²) in [6, 6.07) is 7.14. The third-order valence-electron chi connectivity index (χ3n) is 3.51. The largest absolute Gasteiger partial charge is 0.479 e. The van der Waals surface area contributed by atoms with Crippen LogP contribution in [-0.4, -0.2) is 32.8 Å². The molecule has 0 saturated carbocycles. The maximum atomic E-state index is 12.3. The highest BCUT2D eigenvalue weighted by molar-refractivity contribution is 5.76. The van der Waals surface area contributed by atoms with Crippen molar-refractivity contribution in [2.75, 3.05) is 0 Å². The van der Waals surface area contributed by atoms with E-state index in [0.29, 0.717) is 30.3 Å². The predicted octanol–water partition coefficient (Wildman–Crippen LogP) is 1.03. The zero-order chi connectivity index (χ0) is 14.1. The molecular formula is C14H14N2O4. The summed E-state index contributed by atoms with van der Waals surface area (Å²) in [5.41, 5.74) is 0.530. The first-order chi connectivity index (χ1) is 9.65. The Hall–Kier alpha value is -2.21. The maximum Gasteiger partial charge on any atom is 0.332 e. The van der Waals surface area contributed by atoms with Crippen molar-refractivity contribution < 1.29 is 14.6 Å². The summed E-state index contributed by atoms with van der Waals surface area (Å²) in [5.74, 6) is -0.948. The van der Waals surface area contributed by atoms with Crippen molar-refractivity contribution in [2.24, 2.45) is 0 Å². The Bertz CT molecular complexity index is 710. The Morgan fingerprint density at radius 3 is 2.95 bits per heavy atom. The summed E-state index contributed by atoms with van der Waals surface area (Å²) in [6.07, 6.45) is 1.59. The van der Waals surface area contributed by atoms with Crippen molar-refractivity contribution in [1.82, 2.24) is 9.55 Å². The number of aliphatic carboxylic acids is 1. The van der Waals surface area contributed by atoms with Gasteiger partial charge in [-0.05, 0) is 25.0 Å². The summed E-state index contributed by atoms with van der Waals surface area (Å²) in [6.45, 7) is 0.334. The quantitative estimate of drug-likeness (QED) is 0.904. The van der Waals surface area contributed by atoms with E-state index >= 15 is 0 Å². The summed E-state index contributed by atoms with van der Waals surface area (Å²) in [7, 11) is 0. The van der Waals surface area contributed by atoms with Gasteiger partial charge >= 0.3 is 5.97 Å². The van der Waals surface area contributed by atoms with Gasteiger partial charge in [-0.15, -0.1) is 0 Å². The van der Waals surface area contributed by atoms with Crippen molar-refractivity contribution in [1.29, 1.82) is 0 Å². The smallest absolute Gasteiger partial charge is 0.332 e. The average Bonchev–Trinajstić information content (AvgIpc) is 2.91. The highest BCUT2D eigenvalue weighted by Gasteiger charge is 2.30. The first-order valence-corrected chi connectivity index (χ1v) is 6.47. The fourth-order valence-electron chi connectivity index (χ4n) is 2.48. The molecular weight excluding hydrogens is 260 g/mol. The molecule has 3 rings (SSSR count). The van der Waals surface area contributed by atoms with Crippen LogP contribution in [0.1, 0.15) is 12.8 Å². The number of para-hydroxylation sites is 1. The summed E-state index contributed by atoms with van der Waals surface area (Å²) >= 11 is 0. The molecule has 6 nitrogen and oxygen atoms in total. The van der Waals surface area contributed by atoms with Crippen LogP contribution in [0.15, 0.2) is 35.4 Å². The van der Waals surface area contributed by atoms with Gasteiger partial charge in [-0.2, -0.15) is 0 Å². The lowest BCUT2D eigenvalue weighted by Crippen LogP contribution is -2.28. The Labute approximate surface area is 114 Å². The predicted molar refractivity (Wildman–Crippen MR) is 71.5 cm³/mol. The van der Waals surface area contributed by atoms with Gasteiger partial charge in [0.25, 0.3) is 5.56 Å². The third kappa shape index (κ3) is 2.30. The lowest BCUT2D eigenvalue weighted by Gasteiger charge is -2.13. The number of hydrogen-bond acceptors (Lipinski definition) is 4. The molecule has 2 atom stereocenters. The number of nitrogens with zero attached hydrogens (tertiary/aromatic N) is 2. The van der Waals surface area contributed by atoms with E-state index in [1.54, 1.807) is 18.2 Å². The minimum absolute atomic E-state index is 0.127. The Kier molecular flexibility index (Phi) is 3.23. The van der Waals surface area contributed by atoms with Gasteiger partial charge in [-0.3, -0.25) is 9.36 Å². The molecule has 1 saturated heterocycles. The minimum atomic E-state index is -0.948. The highest BCUT2D eigenvalue weighted by Crippen LogP contribution is 2.20. The number of carboxylic acid groups (broad SMARTS) is 1. The molecule has 1 N–H and O–H groups in total. The van der Waals surface area contributed by atoms with Crippen LogP contribution in [0.4, 0.5) is 0 Å². The third-order valence-corrected chi connectivity index (χ3v) is 3.51. The lowest BCUT2D eigenvalue weighted by atomic mass is 10.2. The van der Waals surface area contributed by atoms with Crippen molar-refractivity contribution in [3.05, 3.63) is 40.9 Å². The number of ether oxygens (including phenoxy) is 1. The van der Waals surface area contributed by atoms with Gasteiger partial charge in [0, 0.05) is 0 Å². The minimum Gasteiger partial charge on any atom is -0.479 e. The molecule has 0 bridgehead atoms. The molecule has 20 heavy (non-hydrogen) atoms. The standard InChI is InChI=1S/C14H14N2O4/c17-13-10-3-1-2-4-11(10)15-8-16(13)7-9-5-6-12(20-9)14(18)19/h1-4,8-9,12H,5-7H2,(H,18,19). The van der Waals surface area contributed by atoms with Gasteiger partial charge in [0.05, 0.1) is 29.9 Å². The van der Waals surface area contributed by atoms with E-state index in [9.17, 15) is 9.59 Å². The Morgan fingerprint density at radius 2 is 2.20 bits per heavy atom. The van der Waals surface area contributed by atoms with Crippen LogP contribution in [0, 0.1) is 0 Å². The van der Waals surface area contributed by atoms with Crippen molar-refractivity contribution >= 4 is 16.9 Å². The van der Waals surface area contributed by atoms with Gasteiger partial charge in [-0.25, -0.2) is 9.78 Å². The van der Waals surface area contributed by atoms with E-state index in [1.165, 1.54) is 10.9 Å². The van der Waals surface area contributed by atoms with Crippen molar-refractivity contribution in [2.45, 2.75) is 31.6 Å². The van der Waals surface area contributed by atoms with Crippen LogP contribution < -0.4 is 5.56 Å². The average molecular weight is 274 g/mol. The van der Waals surface area contributed by atoms with E-state index in [0.717, 1.165) is 0 Å². The van der Waals surface area contributed by atoms with Crippen LogP contribution >= 0.6 is 0 Å². The number of carboxylic acids is 1. The molecule has 2 aromatic rings. The van der Waals surface area contributed by atoms with Gasteiger partial charge in [0.15, 0.2) is 6.10 Å². The fraction of sp³-hybridized carbons (Fsp3) is 0.357. The molecule has 0 aliphatic carbocycles. The molecule has 1 aliphatic rings. The van der Waals surface area contributed by atoms with Gasteiger partial charge in [0.2, 0.25) is 0 Å². The lowest BCUT2D eigenvalue weighted by molar-refractivity contribution is -0.149. The second-order valence-corrected chi connectivity index (χ2v) is 4.88. The van der Waals surface area contributed by atoms with E-state index < -0.39 is 12.1 Å². The van der Waals surface area contributed by atoms with E-state index in [1.807, 2.05) is 6.07 Å². The molecule has 0 radical (unpaired) electrons. The van der Waals surface area contributed by atoms with Gasteiger partial charge in [-0.1, -0.05) is 12.1 Å². The molecule has 0 amide bonds. The molecule has 1 aromatic carbocycles. The number of fused-ring (bicyclic) bond motifs is 1. The van der Waals surface area contributed by atoms with Gasteiger partial charge in [0.1, 0.15) is 0 Å². The van der Waals surface area contributed by atoms with E-state index in [4.69, 9.17) is 9.84 Å². The highest BCUT2D eigenvalue weighted by atomic mass is 16.5. The normalized spacial score (nSPS) is 22.2. The molecule has 1 fully saturated rings. The molecule has 1 aromatic heterocycles. The topological polar surface area (TPSA) is 81.4 Å². The number of benzene rings is 1. The van der Waals surface area contributed by atoms with Crippen LogP contribution in [0.5, 0.6) is 0 Å². The molecule has 104 valence electrons. The van der Waals surface area contributed by atoms with E-state index in [2.05, 4.69) is 4.98 Å². The first-order valence-electron chi connectivity index (χ1n) is 6.47. The number of carbonyl (C=O) groups is 1. The summed E-state index contributed by atoms with van der Waals surface area (Å²) in [4.78, 5) is 27.3. The Balaban J connectivity index is 1.84. The van der Waals surface area contributed by atoms with Crippen molar-refractivity contribution in [3.63, 3.8) is 0 Å². The maximum absolute atomic E-state index is 12.3. The SMILES string of the molecule is O=C(O)C1CCC(Cn2cnc3ccccc3c2=O)O1. The molecule has 2 heterocycles. The van der Waals surface area contributed by atoms with Crippen LogP contribution in [0.2, 0.25) is 0 Å². The van der Waals surface area contributed by atoms with Crippen molar-refractivity contribution in [3.8, 4) is 0 Å². The van der Waals surface area contributed by atoms with Crippen LogP contribution in [0.3, 0.4) is 0 Å². The van der Waals surface area contributed by atoms with Crippen LogP contribution in [-0.2, 0) is 16.1 Å². The monoisotopic (exact) mass is 274 g/mol. The summed E-state index contributed by atoms with van der Waals surface area (Å²) < 4.78 is 6.89. The van der Waals surface area contributed by atoms with Crippen LogP contribution in [0.25, 0.3) is 10.9 Å². The van der Waals surface area contributed by atoms with E-state index in [-0.39, 0.29) is 11.7 Å². The fourth-order valence-corrected chi connectivity index (χ4v) is 2.48. The zero-order valence-electron chi connectivity index (χ0n) is 10.7. The molecule has 2 unspecified atom stereocenters. The second-order valence-electron chi connectivity index (χ2n) is 4.88. The molecule has 0 spiro atoms.